The minimum atomic E-state index is 0.531. The Hall–Kier alpha value is -1.06. The number of piperidine rings is 2. The molecule has 156 valence electrons. The van der Waals surface area contributed by atoms with Crippen LogP contribution >= 0.6 is 23.2 Å². The van der Waals surface area contributed by atoms with Crippen LogP contribution in [0.3, 0.4) is 0 Å². The minimum absolute atomic E-state index is 0.531. The van der Waals surface area contributed by atoms with Crippen LogP contribution in [0.15, 0.2) is 48.5 Å². The summed E-state index contributed by atoms with van der Waals surface area (Å²) in [6.45, 7) is 4.79. The first-order valence-electron chi connectivity index (χ1n) is 11.1. The number of likely N-dealkylation sites (tertiary alicyclic amines) is 1. The molecule has 2 unspecified atom stereocenters. The van der Waals surface area contributed by atoms with Gasteiger partial charge in [-0.2, -0.15) is 0 Å². The highest BCUT2D eigenvalue weighted by molar-refractivity contribution is 6.42. The van der Waals surface area contributed by atoms with E-state index in [2.05, 4.69) is 52.7 Å². The molecule has 2 aliphatic rings. The van der Waals surface area contributed by atoms with E-state index in [-0.39, 0.29) is 0 Å². The van der Waals surface area contributed by atoms with Crippen molar-refractivity contribution < 1.29 is 0 Å². The largest absolute Gasteiger partial charge is 0.313 e. The molecule has 2 heterocycles. The Labute approximate surface area is 185 Å². The summed E-state index contributed by atoms with van der Waals surface area (Å²) >= 11 is 12.4. The molecule has 2 aromatic rings. The lowest BCUT2D eigenvalue weighted by molar-refractivity contribution is 0.170. The number of nitrogens with one attached hydrogen (secondary N) is 1. The fourth-order valence-corrected chi connectivity index (χ4v) is 5.39. The molecule has 4 rings (SSSR count). The van der Waals surface area contributed by atoms with Crippen LogP contribution in [-0.4, -0.2) is 37.1 Å². The lowest BCUT2D eigenvalue weighted by Crippen LogP contribution is -2.43. The van der Waals surface area contributed by atoms with Crippen LogP contribution in [0.4, 0.5) is 0 Å². The molecule has 0 bridgehead atoms. The molecule has 2 saturated heterocycles. The molecule has 0 amide bonds. The first-order chi connectivity index (χ1) is 14.2. The van der Waals surface area contributed by atoms with Crippen LogP contribution in [0.25, 0.3) is 0 Å². The van der Waals surface area contributed by atoms with Crippen molar-refractivity contribution in [1.82, 2.24) is 10.2 Å². The molecule has 0 aromatic heterocycles. The fourth-order valence-electron chi connectivity index (χ4n) is 5.08. The van der Waals surface area contributed by atoms with Crippen LogP contribution in [0.5, 0.6) is 0 Å². The molecule has 0 spiro atoms. The number of benzene rings is 2. The molecule has 0 aliphatic carbocycles. The average molecular weight is 431 g/mol. The van der Waals surface area contributed by atoms with E-state index >= 15 is 0 Å². The minimum Gasteiger partial charge on any atom is -0.313 e. The smallest absolute Gasteiger partial charge is 0.0595 e. The Morgan fingerprint density at radius 3 is 2.48 bits per heavy atom. The Morgan fingerprint density at radius 2 is 1.72 bits per heavy atom. The molecule has 2 atom stereocenters. The van der Waals surface area contributed by atoms with Crippen molar-refractivity contribution in [3.63, 3.8) is 0 Å². The Morgan fingerprint density at radius 1 is 0.931 bits per heavy atom. The van der Waals surface area contributed by atoms with E-state index in [4.69, 9.17) is 23.2 Å². The van der Waals surface area contributed by atoms with Crippen molar-refractivity contribution in [2.45, 2.75) is 50.5 Å². The van der Waals surface area contributed by atoms with Gasteiger partial charge in [0.1, 0.15) is 0 Å². The normalized spacial score (nSPS) is 23.9. The van der Waals surface area contributed by atoms with Crippen LogP contribution in [0, 0.1) is 5.92 Å². The Bertz CT molecular complexity index is 772. The second-order valence-electron chi connectivity index (χ2n) is 8.75. The summed E-state index contributed by atoms with van der Waals surface area (Å²) < 4.78 is 0. The highest BCUT2D eigenvalue weighted by Gasteiger charge is 2.28. The second kappa shape index (κ2) is 10.3. The first kappa shape index (κ1) is 21.2. The summed E-state index contributed by atoms with van der Waals surface area (Å²) in [4.78, 5) is 2.67. The van der Waals surface area contributed by atoms with Gasteiger partial charge in [-0.3, -0.25) is 0 Å². The predicted octanol–water partition coefficient (Wildman–Crippen LogP) is 6.17. The van der Waals surface area contributed by atoms with E-state index in [0.29, 0.717) is 22.0 Å². The van der Waals surface area contributed by atoms with Gasteiger partial charge in [-0.1, -0.05) is 59.6 Å². The van der Waals surface area contributed by atoms with Crippen molar-refractivity contribution in [2.75, 3.05) is 26.2 Å². The number of halogens is 2. The lowest BCUT2D eigenvalue weighted by Gasteiger charge is -2.37. The third-order valence-electron chi connectivity index (χ3n) is 6.79. The summed E-state index contributed by atoms with van der Waals surface area (Å²) in [6.07, 6.45) is 7.54. The van der Waals surface area contributed by atoms with Gasteiger partial charge in [-0.05, 0) is 99.8 Å². The summed E-state index contributed by atoms with van der Waals surface area (Å²) in [5.74, 6) is 1.37. The van der Waals surface area contributed by atoms with Gasteiger partial charge in [-0.25, -0.2) is 0 Å². The van der Waals surface area contributed by atoms with Crippen molar-refractivity contribution in [1.29, 1.82) is 0 Å². The molecule has 0 saturated carbocycles. The molecule has 2 aromatic carbocycles. The Kier molecular flexibility index (Phi) is 7.53. The van der Waals surface area contributed by atoms with Crippen LogP contribution < -0.4 is 5.32 Å². The lowest BCUT2D eigenvalue weighted by atomic mass is 9.83. The monoisotopic (exact) mass is 430 g/mol. The van der Waals surface area contributed by atoms with E-state index < -0.39 is 0 Å². The molecule has 2 fully saturated rings. The number of hydrogen-bond acceptors (Lipinski definition) is 2. The van der Waals surface area contributed by atoms with Crippen molar-refractivity contribution in [3.05, 3.63) is 69.7 Å². The molecule has 2 aliphatic heterocycles. The number of nitrogens with zero attached hydrogens (tertiary/aromatic N) is 1. The van der Waals surface area contributed by atoms with Gasteiger partial charge in [0, 0.05) is 6.04 Å². The van der Waals surface area contributed by atoms with Gasteiger partial charge in [0.15, 0.2) is 0 Å². The fraction of sp³-hybridized carbons (Fsp3) is 0.520. The van der Waals surface area contributed by atoms with Crippen LogP contribution in [-0.2, 0) is 6.42 Å². The zero-order chi connectivity index (χ0) is 20.1. The highest BCUT2D eigenvalue weighted by Crippen LogP contribution is 2.34. The van der Waals surface area contributed by atoms with Crippen LogP contribution in [0.2, 0.25) is 10.0 Å². The maximum atomic E-state index is 6.29. The first-order valence-corrected chi connectivity index (χ1v) is 11.9. The van der Waals surface area contributed by atoms with Gasteiger partial charge >= 0.3 is 0 Å². The van der Waals surface area contributed by atoms with Gasteiger partial charge in [-0.15, -0.1) is 0 Å². The van der Waals surface area contributed by atoms with E-state index in [9.17, 15) is 0 Å². The predicted molar refractivity (Wildman–Crippen MR) is 124 cm³/mol. The quantitative estimate of drug-likeness (QED) is 0.588. The molecular weight excluding hydrogens is 399 g/mol. The van der Waals surface area contributed by atoms with Gasteiger partial charge in [0.05, 0.1) is 10.0 Å². The second-order valence-corrected chi connectivity index (χ2v) is 9.56. The van der Waals surface area contributed by atoms with E-state index in [1.165, 1.54) is 69.3 Å². The highest BCUT2D eigenvalue weighted by atomic mass is 35.5. The number of rotatable bonds is 6. The molecule has 29 heavy (non-hydrogen) atoms. The summed E-state index contributed by atoms with van der Waals surface area (Å²) in [7, 11) is 0. The molecule has 1 N–H and O–H groups in total. The van der Waals surface area contributed by atoms with E-state index in [0.717, 1.165) is 12.5 Å². The van der Waals surface area contributed by atoms with Crippen molar-refractivity contribution >= 4 is 23.2 Å². The third-order valence-corrected chi connectivity index (χ3v) is 7.53. The average Bonchev–Trinajstić information content (AvgIpc) is 2.76. The number of hydrogen-bond donors (Lipinski definition) is 1. The molecule has 2 nitrogen and oxygen atoms in total. The maximum absolute atomic E-state index is 6.29. The Balaban J connectivity index is 1.27. The molecule has 0 radical (unpaired) electrons. The zero-order valence-electron chi connectivity index (χ0n) is 17.1. The van der Waals surface area contributed by atoms with Crippen molar-refractivity contribution in [3.8, 4) is 0 Å². The molecular formula is C25H32Cl2N2. The summed E-state index contributed by atoms with van der Waals surface area (Å²) in [5, 5.41) is 5.10. The van der Waals surface area contributed by atoms with Crippen molar-refractivity contribution in [2.24, 2.45) is 5.92 Å². The third kappa shape index (κ3) is 5.76. The summed E-state index contributed by atoms with van der Waals surface area (Å²) in [6, 6.07) is 17.7. The van der Waals surface area contributed by atoms with E-state index in [1.807, 2.05) is 6.07 Å². The zero-order valence-corrected chi connectivity index (χ0v) is 18.6. The standard InChI is InChI=1S/C25H32Cl2N2/c26-23-9-8-21(18-24(23)27)22-7-4-13-28-25(22)12-16-29-14-10-20(11-15-29)17-19-5-2-1-3-6-19/h1-3,5-6,8-9,18,20,22,25,28H,4,7,10-17H2. The van der Waals surface area contributed by atoms with Gasteiger partial charge in [0.25, 0.3) is 0 Å². The van der Waals surface area contributed by atoms with E-state index in [1.54, 1.807) is 0 Å². The van der Waals surface area contributed by atoms with Gasteiger partial charge < -0.3 is 10.2 Å². The summed E-state index contributed by atoms with van der Waals surface area (Å²) in [5.41, 5.74) is 2.82. The van der Waals surface area contributed by atoms with Gasteiger partial charge in [0.2, 0.25) is 0 Å². The SMILES string of the molecule is Clc1ccc(C2CCCNC2CCN2CCC(Cc3ccccc3)CC2)cc1Cl. The maximum Gasteiger partial charge on any atom is 0.0595 e. The van der Waals surface area contributed by atoms with Crippen LogP contribution in [0.1, 0.15) is 49.1 Å². The molecule has 4 heteroatoms. The topological polar surface area (TPSA) is 15.3 Å².